The third-order valence-electron chi connectivity index (χ3n) is 7.37. The molecule has 0 fully saturated rings. The van der Waals surface area contributed by atoms with Crippen LogP contribution in [0.5, 0.6) is 5.75 Å². The standard InChI is InChI=1S/C32H26N2O6S/c1-4-34-27-15-11-21(30(35)23-8-6-5-7-20(23)3)17-25(27)29-28(34)16-14-24-31(36)26(18-39-32(24)29)33-40-41(37,38)22-12-9-19(2)10-13-22/h5-17H,4,18H2,1-3H3/b33-26+. The Hall–Kier alpha value is -4.76. The van der Waals surface area contributed by atoms with Gasteiger partial charge >= 0.3 is 10.1 Å². The molecule has 6 rings (SSSR count). The maximum absolute atomic E-state index is 13.4. The van der Waals surface area contributed by atoms with Crippen molar-refractivity contribution in [1.82, 2.24) is 4.57 Å². The van der Waals surface area contributed by atoms with Gasteiger partial charge in [-0.15, -0.1) is 0 Å². The Morgan fingerprint density at radius 3 is 2.44 bits per heavy atom. The average molecular weight is 567 g/mol. The Bertz CT molecular complexity index is 2020. The van der Waals surface area contributed by atoms with Crippen molar-refractivity contribution in [3.05, 3.63) is 107 Å². The number of rotatable bonds is 6. The summed E-state index contributed by atoms with van der Waals surface area (Å²) in [6, 6.07) is 22.6. The minimum atomic E-state index is -4.21. The molecule has 1 aromatic heterocycles. The van der Waals surface area contributed by atoms with Crippen LogP contribution in [0.25, 0.3) is 21.8 Å². The van der Waals surface area contributed by atoms with Crippen LogP contribution >= 0.6 is 0 Å². The Labute approximate surface area is 236 Å². The smallest absolute Gasteiger partial charge is 0.358 e. The van der Waals surface area contributed by atoms with Gasteiger partial charge in [0.25, 0.3) is 0 Å². The number of benzene rings is 4. The molecule has 5 aromatic rings. The second kappa shape index (κ2) is 10.0. The number of Topliss-reactive ketones (excluding diaryl/α,β-unsaturated/α-hetero) is 1. The number of fused-ring (bicyclic) bond motifs is 5. The predicted octanol–water partition coefficient (Wildman–Crippen LogP) is 6.00. The normalized spacial score (nSPS) is 14.3. The highest BCUT2D eigenvalue weighted by molar-refractivity contribution is 7.86. The highest BCUT2D eigenvalue weighted by Crippen LogP contribution is 2.40. The van der Waals surface area contributed by atoms with E-state index in [2.05, 4.69) is 9.72 Å². The lowest BCUT2D eigenvalue weighted by molar-refractivity contribution is 0.103. The zero-order chi connectivity index (χ0) is 28.9. The quantitative estimate of drug-likeness (QED) is 0.185. The number of carbonyl (C=O) groups excluding carboxylic acids is 2. The molecule has 0 aliphatic carbocycles. The minimum Gasteiger partial charge on any atom is -0.485 e. The van der Waals surface area contributed by atoms with Crippen LogP contribution in [-0.2, 0) is 20.9 Å². The number of aromatic nitrogens is 1. The fourth-order valence-corrected chi connectivity index (χ4v) is 5.97. The van der Waals surface area contributed by atoms with Gasteiger partial charge < -0.3 is 9.30 Å². The maximum atomic E-state index is 13.4. The Morgan fingerprint density at radius 1 is 0.976 bits per heavy atom. The molecule has 41 heavy (non-hydrogen) atoms. The van der Waals surface area contributed by atoms with Gasteiger partial charge in [-0.3, -0.25) is 13.9 Å². The van der Waals surface area contributed by atoms with Crippen LogP contribution in [0.2, 0.25) is 0 Å². The van der Waals surface area contributed by atoms with Crippen molar-refractivity contribution in [2.24, 2.45) is 5.16 Å². The predicted molar refractivity (Wildman–Crippen MR) is 156 cm³/mol. The molecule has 0 amide bonds. The van der Waals surface area contributed by atoms with E-state index in [4.69, 9.17) is 9.02 Å². The van der Waals surface area contributed by atoms with Crippen LogP contribution in [0.1, 0.15) is 44.3 Å². The molecule has 0 radical (unpaired) electrons. The van der Waals surface area contributed by atoms with Gasteiger partial charge in [0.05, 0.1) is 16.5 Å². The molecule has 1 aliphatic heterocycles. The summed E-state index contributed by atoms with van der Waals surface area (Å²) in [6.07, 6.45) is 0. The molecule has 0 spiro atoms. The number of ether oxygens (including phenoxy) is 1. The third-order valence-corrected chi connectivity index (χ3v) is 8.49. The number of hydrogen-bond acceptors (Lipinski definition) is 7. The first-order valence-corrected chi connectivity index (χ1v) is 14.5. The van der Waals surface area contributed by atoms with Crippen molar-refractivity contribution in [2.45, 2.75) is 32.2 Å². The van der Waals surface area contributed by atoms with Crippen LogP contribution in [0.3, 0.4) is 0 Å². The summed E-state index contributed by atoms with van der Waals surface area (Å²) in [5.41, 5.74) is 4.77. The van der Waals surface area contributed by atoms with E-state index in [-0.39, 0.29) is 28.6 Å². The van der Waals surface area contributed by atoms with E-state index in [9.17, 15) is 18.0 Å². The number of ketones is 2. The number of hydrogen-bond donors (Lipinski definition) is 0. The number of oxime groups is 1. The molecule has 4 aromatic carbocycles. The highest BCUT2D eigenvalue weighted by Gasteiger charge is 2.30. The van der Waals surface area contributed by atoms with Crippen LogP contribution in [0.15, 0.2) is 88.9 Å². The molecule has 0 N–H and O–H groups in total. The van der Waals surface area contributed by atoms with Gasteiger partial charge in [0.15, 0.2) is 11.5 Å². The summed E-state index contributed by atoms with van der Waals surface area (Å²) in [5.74, 6) is -0.215. The lowest BCUT2D eigenvalue weighted by Gasteiger charge is -2.18. The number of nitrogens with zero attached hydrogens (tertiary/aromatic N) is 2. The molecule has 0 bridgehead atoms. The second-order valence-electron chi connectivity index (χ2n) is 9.95. The molecule has 206 valence electrons. The van der Waals surface area contributed by atoms with E-state index in [0.717, 1.165) is 27.5 Å². The molecular formula is C32H26N2O6S. The monoisotopic (exact) mass is 566 g/mol. The molecule has 0 saturated heterocycles. The summed E-state index contributed by atoms with van der Waals surface area (Å²) < 4.78 is 38.2. The van der Waals surface area contributed by atoms with Crippen molar-refractivity contribution in [2.75, 3.05) is 6.61 Å². The third kappa shape index (κ3) is 4.48. The van der Waals surface area contributed by atoms with Gasteiger partial charge in [-0.25, -0.2) is 0 Å². The van der Waals surface area contributed by atoms with Crippen LogP contribution in [0, 0.1) is 13.8 Å². The van der Waals surface area contributed by atoms with Crippen molar-refractivity contribution in [3.63, 3.8) is 0 Å². The van der Waals surface area contributed by atoms with E-state index in [1.807, 2.05) is 69.3 Å². The first-order chi connectivity index (χ1) is 19.7. The average Bonchev–Trinajstić information content (AvgIpc) is 3.30. The van der Waals surface area contributed by atoms with Crippen molar-refractivity contribution in [1.29, 1.82) is 0 Å². The van der Waals surface area contributed by atoms with E-state index < -0.39 is 15.9 Å². The lowest BCUT2D eigenvalue weighted by Crippen LogP contribution is -2.28. The van der Waals surface area contributed by atoms with Gasteiger partial charge in [0, 0.05) is 28.6 Å². The zero-order valence-electron chi connectivity index (χ0n) is 22.7. The first kappa shape index (κ1) is 26.5. The SMILES string of the molecule is CCn1c2ccc(C(=O)c3ccccc3C)cc2c2c3c(ccc21)C(=O)/C(=N/OS(=O)(=O)c1ccc(C)cc1)CO3. The molecule has 8 nitrogen and oxygen atoms in total. The largest absolute Gasteiger partial charge is 0.485 e. The molecule has 2 heterocycles. The summed E-state index contributed by atoms with van der Waals surface area (Å²) in [5, 5.41) is 5.17. The second-order valence-corrected chi connectivity index (χ2v) is 11.5. The lowest BCUT2D eigenvalue weighted by atomic mass is 9.96. The van der Waals surface area contributed by atoms with Gasteiger partial charge in [0.1, 0.15) is 17.3 Å². The van der Waals surface area contributed by atoms with Crippen LogP contribution in [0.4, 0.5) is 0 Å². The van der Waals surface area contributed by atoms with E-state index >= 15 is 0 Å². The molecule has 1 aliphatic rings. The molecular weight excluding hydrogens is 540 g/mol. The highest BCUT2D eigenvalue weighted by atomic mass is 32.2. The Balaban J connectivity index is 1.42. The Morgan fingerprint density at radius 2 is 1.71 bits per heavy atom. The first-order valence-electron chi connectivity index (χ1n) is 13.1. The minimum absolute atomic E-state index is 0.0674. The maximum Gasteiger partial charge on any atom is 0.358 e. The Kier molecular flexibility index (Phi) is 6.46. The fraction of sp³-hybridized carbons (Fsp3) is 0.156. The zero-order valence-corrected chi connectivity index (χ0v) is 23.5. The molecule has 0 atom stereocenters. The topological polar surface area (TPSA) is 104 Å². The van der Waals surface area contributed by atoms with Gasteiger partial charge in [0.2, 0.25) is 5.78 Å². The molecule has 0 unspecified atom stereocenters. The summed E-state index contributed by atoms with van der Waals surface area (Å²) >= 11 is 0. The van der Waals surface area contributed by atoms with E-state index in [1.165, 1.54) is 12.1 Å². The van der Waals surface area contributed by atoms with Gasteiger partial charge in [-0.2, -0.15) is 8.42 Å². The van der Waals surface area contributed by atoms with Crippen LogP contribution < -0.4 is 4.74 Å². The van der Waals surface area contributed by atoms with Crippen molar-refractivity contribution < 1.29 is 27.0 Å². The van der Waals surface area contributed by atoms with Crippen LogP contribution in [-0.4, -0.2) is 36.9 Å². The summed E-state index contributed by atoms with van der Waals surface area (Å²) in [7, 11) is -4.21. The van der Waals surface area contributed by atoms with E-state index in [1.54, 1.807) is 18.2 Å². The molecule has 0 saturated carbocycles. The van der Waals surface area contributed by atoms with Gasteiger partial charge in [-0.1, -0.05) is 47.1 Å². The summed E-state index contributed by atoms with van der Waals surface area (Å²) in [6.45, 7) is 6.15. The van der Waals surface area contributed by atoms with Gasteiger partial charge in [-0.05, 0) is 68.8 Å². The number of aryl methyl sites for hydroxylation is 3. The van der Waals surface area contributed by atoms with E-state index in [0.29, 0.717) is 28.8 Å². The fourth-order valence-electron chi connectivity index (χ4n) is 5.22. The van der Waals surface area contributed by atoms with Crippen molar-refractivity contribution >= 4 is 49.2 Å². The summed E-state index contributed by atoms with van der Waals surface area (Å²) in [4.78, 5) is 26.8. The van der Waals surface area contributed by atoms with Crippen molar-refractivity contribution in [3.8, 4) is 5.75 Å². The number of carbonyl (C=O) groups is 2. The molecule has 9 heteroatoms.